The van der Waals surface area contributed by atoms with Crippen molar-refractivity contribution in [1.29, 1.82) is 0 Å². The highest BCUT2D eigenvalue weighted by atomic mass is 16.5. The number of carbonyl (C=O) groups excluding carboxylic acids is 2. The number of ether oxygens (including phenoxy) is 1. The summed E-state index contributed by atoms with van der Waals surface area (Å²) in [7, 11) is 1.55. The molecule has 0 aromatic carbocycles. The van der Waals surface area contributed by atoms with Crippen LogP contribution >= 0.6 is 0 Å². The van der Waals surface area contributed by atoms with Crippen LogP contribution in [0.5, 0.6) is 0 Å². The van der Waals surface area contributed by atoms with Crippen LogP contribution in [-0.2, 0) is 14.3 Å². The molecule has 6 heteroatoms. The van der Waals surface area contributed by atoms with Crippen molar-refractivity contribution in [2.24, 2.45) is 5.92 Å². The van der Waals surface area contributed by atoms with E-state index in [1.165, 1.54) is 6.08 Å². The molecule has 0 aliphatic carbocycles. The average Bonchev–Trinajstić information content (AvgIpc) is 3.07. The van der Waals surface area contributed by atoms with Crippen LogP contribution in [0.15, 0.2) is 37.0 Å². The van der Waals surface area contributed by atoms with Crippen LogP contribution in [0.4, 0.5) is 0 Å². The zero-order valence-corrected chi connectivity index (χ0v) is 15.4. The van der Waals surface area contributed by atoms with Crippen molar-refractivity contribution in [3.8, 4) is 0 Å². The van der Waals surface area contributed by atoms with Gasteiger partial charge in [0, 0.05) is 13.7 Å². The van der Waals surface area contributed by atoms with Gasteiger partial charge in [0.25, 0.3) is 0 Å². The molecule has 1 rings (SSSR count). The van der Waals surface area contributed by atoms with E-state index in [-0.39, 0.29) is 18.1 Å². The summed E-state index contributed by atoms with van der Waals surface area (Å²) in [5, 5.41) is 13.2. The van der Waals surface area contributed by atoms with Crippen molar-refractivity contribution < 1.29 is 19.4 Å². The molecule has 0 aromatic heterocycles. The van der Waals surface area contributed by atoms with Crippen molar-refractivity contribution in [3.05, 3.63) is 37.0 Å². The molecule has 0 radical (unpaired) electrons. The van der Waals surface area contributed by atoms with Gasteiger partial charge in [-0.1, -0.05) is 38.3 Å². The number of methoxy groups -OCH3 is 1. The van der Waals surface area contributed by atoms with E-state index >= 15 is 0 Å². The third-order valence-corrected chi connectivity index (χ3v) is 4.77. The number of hydrogen-bond donors (Lipinski definition) is 2. The lowest BCUT2D eigenvalue weighted by Crippen LogP contribution is -2.50. The molecular weight excluding hydrogens is 320 g/mol. The number of allylic oxidation sites excluding steroid dienone is 2. The van der Waals surface area contributed by atoms with E-state index in [0.717, 1.165) is 19.3 Å². The molecule has 5 unspecified atom stereocenters. The number of hydrogen-bond acceptors (Lipinski definition) is 4. The highest BCUT2D eigenvalue weighted by Crippen LogP contribution is 2.25. The zero-order valence-electron chi connectivity index (χ0n) is 15.4. The van der Waals surface area contributed by atoms with Gasteiger partial charge >= 0.3 is 0 Å². The Morgan fingerprint density at radius 3 is 2.60 bits per heavy atom. The normalized spacial score (nSPS) is 22.6. The second kappa shape index (κ2) is 10.2. The predicted molar refractivity (Wildman–Crippen MR) is 97.8 cm³/mol. The van der Waals surface area contributed by atoms with Crippen LogP contribution in [0.2, 0.25) is 0 Å². The summed E-state index contributed by atoms with van der Waals surface area (Å²) in [4.78, 5) is 25.5. The molecule has 25 heavy (non-hydrogen) atoms. The first-order valence-corrected chi connectivity index (χ1v) is 8.58. The van der Waals surface area contributed by atoms with Crippen molar-refractivity contribution in [2.45, 2.75) is 51.0 Å². The van der Waals surface area contributed by atoms with E-state index in [0.29, 0.717) is 12.1 Å². The van der Waals surface area contributed by atoms with Crippen LogP contribution in [0.25, 0.3) is 0 Å². The Bertz CT molecular complexity index is 518. The zero-order chi connectivity index (χ0) is 19.0. The maximum absolute atomic E-state index is 12.6. The van der Waals surface area contributed by atoms with E-state index in [1.54, 1.807) is 38.0 Å². The number of aliphatic hydroxyl groups excluding tert-OH is 1. The standard InChI is InChI=1S/C19H30N2O4/c1-6-9-15(7-2)17(23)14(4)20-19(24)13(3)18(25-5)16-10-8-11-21(16)12-22/h6-7,9,12-14,16-18,23H,1-2,8,10-11H2,3-5H3,(H,20,24)/b15-9+. The molecule has 5 atom stereocenters. The molecule has 0 saturated carbocycles. The number of rotatable bonds is 10. The number of carbonyl (C=O) groups is 2. The van der Waals surface area contributed by atoms with Gasteiger partial charge in [-0.25, -0.2) is 0 Å². The summed E-state index contributed by atoms with van der Waals surface area (Å²) >= 11 is 0. The van der Waals surface area contributed by atoms with Gasteiger partial charge in [-0.3, -0.25) is 9.59 Å². The van der Waals surface area contributed by atoms with Gasteiger partial charge in [0.15, 0.2) is 0 Å². The number of aliphatic hydroxyl groups is 1. The summed E-state index contributed by atoms with van der Waals surface area (Å²) in [6, 6.07) is -0.602. The van der Waals surface area contributed by atoms with Crippen LogP contribution < -0.4 is 5.32 Å². The Hall–Kier alpha value is -1.92. The molecular formula is C19H30N2O4. The van der Waals surface area contributed by atoms with Crippen molar-refractivity contribution in [1.82, 2.24) is 10.2 Å². The van der Waals surface area contributed by atoms with Gasteiger partial charge in [0.05, 0.1) is 30.2 Å². The monoisotopic (exact) mass is 350 g/mol. The van der Waals surface area contributed by atoms with Crippen LogP contribution in [-0.4, -0.2) is 60.3 Å². The fourth-order valence-corrected chi connectivity index (χ4v) is 3.29. The highest BCUT2D eigenvalue weighted by Gasteiger charge is 2.37. The SMILES string of the molecule is C=C/C=C(\C=C)C(O)C(C)NC(=O)C(C)C(OC)C1CCCN1C=O. The van der Waals surface area contributed by atoms with Gasteiger partial charge < -0.3 is 20.1 Å². The topological polar surface area (TPSA) is 78.9 Å². The molecule has 1 aliphatic rings. The van der Waals surface area contributed by atoms with E-state index in [9.17, 15) is 14.7 Å². The Kier molecular flexibility index (Phi) is 8.58. The number of likely N-dealkylation sites (tertiary alicyclic amines) is 1. The predicted octanol–water partition coefficient (Wildman–Crippen LogP) is 1.42. The van der Waals surface area contributed by atoms with E-state index in [1.807, 2.05) is 0 Å². The molecule has 1 fully saturated rings. The molecule has 0 aromatic rings. The van der Waals surface area contributed by atoms with Gasteiger partial charge in [0.1, 0.15) is 0 Å². The van der Waals surface area contributed by atoms with Crippen molar-refractivity contribution >= 4 is 12.3 Å². The summed E-state index contributed by atoms with van der Waals surface area (Å²) in [6.07, 6.45) is 6.02. The Morgan fingerprint density at radius 2 is 2.08 bits per heavy atom. The third kappa shape index (κ3) is 5.28. The number of amides is 2. The molecule has 2 N–H and O–H groups in total. The molecule has 1 heterocycles. The largest absolute Gasteiger partial charge is 0.386 e. The first-order chi connectivity index (χ1) is 11.9. The Balaban J connectivity index is 2.76. The molecule has 1 saturated heterocycles. The minimum absolute atomic E-state index is 0.104. The average molecular weight is 350 g/mol. The summed E-state index contributed by atoms with van der Waals surface area (Å²) in [5.74, 6) is -0.682. The van der Waals surface area contributed by atoms with Gasteiger partial charge in [-0.2, -0.15) is 0 Å². The molecule has 2 amide bonds. The fraction of sp³-hybridized carbons (Fsp3) is 0.579. The lowest BCUT2D eigenvalue weighted by atomic mass is 9.94. The van der Waals surface area contributed by atoms with Crippen LogP contribution in [0.1, 0.15) is 26.7 Å². The quantitative estimate of drug-likeness (QED) is 0.461. The molecule has 6 nitrogen and oxygen atoms in total. The molecule has 140 valence electrons. The van der Waals surface area contributed by atoms with Crippen molar-refractivity contribution in [2.75, 3.05) is 13.7 Å². The highest BCUT2D eigenvalue weighted by molar-refractivity contribution is 5.79. The molecule has 0 spiro atoms. The minimum atomic E-state index is -0.884. The van der Waals surface area contributed by atoms with Crippen LogP contribution in [0.3, 0.4) is 0 Å². The summed E-state index contributed by atoms with van der Waals surface area (Å²) < 4.78 is 5.53. The lowest BCUT2D eigenvalue weighted by molar-refractivity contribution is -0.134. The maximum Gasteiger partial charge on any atom is 0.225 e. The maximum atomic E-state index is 12.6. The number of nitrogens with one attached hydrogen (secondary N) is 1. The van der Waals surface area contributed by atoms with Crippen LogP contribution in [0, 0.1) is 5.92 Å². The van der Waals surface area contributed by atoms with E-state index in [4.69, 9.17) is 4.74 Å². The summed E-state index contributed by atoms with van der Waals surface area (Å²) in [5.41, 5.74) is 0.585. The fourth-order valence-electron chi connectivity index (χ4n) is 3.29. The Morgan fingerprint density at radius 1 is 1.40 bits per heavy atom. The molecule has 0 bridgehead atoms. The first kappa shape index (κ1) is 21.1. The van der Waals surface area contributed by atoms with Gasteiger partial charge in [-0.15, -0.1) is 0 Å². The third-order valence-electron chi connectivity index (χ3n) is 4.77. The van der Waals surface area contributed by atoms with E-state index in [2.05, 4.69) is 18.5 Å². The van der Waals surface area contributed by atoms with E-state index < -0.39 is 18.1 Å². The van der Waals surface area contributed by atoms with Gasteiger partial charge in [-0.05, 0) is 25.3 Å². The van der Waals surface area contributed by atoms with Crippen molar-refractivity contribution in [3.63, 3.8) is 0 Å². The smallest absolute Gasteiger partial charge is 0.225 e. The Labute approximate surface area is 150 Å². The molecule has 1 aliphatic heterocycles. The minimum Gasteiger partial charge on any atom is -0.386 e. The lowest BCUT2D eigenvalue weighted by Gasteiger charge is -2.32. The number of nitrogens with zero attached hydrogens (tertiary/aromatic N) is 1. The van der Waals surface area contributed by atoms with Gasteiger partial charge in [0.2, 0.25) is 12.3 Å². The second-order valence-electron chi connectivity index (χ2n) is 6.39. The first-order valence-electron chi connectivity index (χ1n) is 8.58. The summed E-state index contributed by atoms with van der Waals surface area (Å²) in [6.45, 7) is 11.5. The second-order valence-corrected chi connectivity index (χ2v) is 6.39.